The fraction of sp³-hybridized carbons (Fsp3) is 0.750. The molecule has 0 spiro atoms. The molecule has 0 saturated carbocycles. The van der Waals surface area contributed by atoms with Crippen LogP contribution in [0, 0.1) is 11.8 Å². The average Bonchev–Trinajstić information content (AvgIpc) is 1.25. The topological polar surface area (TPSA) is 0 Å². The van der Waals surface area contributed by atoms with E-state index in [1.807, 2.05) is 0 Å². The first-order chi connectivity index (χ1) is 3.46. The van der Waals surface area contributed by atoms with Crippen LogP contribution >= 0.6 is 0 Å². The minimum atomic E-state index is 0. The van der Waals surface area contributed by atoms with Crippen molar-refractivity contribution in [3.63, 3.8) is 0 Å². The maximum atomic E-state index is 2.08. The van der Waals surface area contributed by atoms with Crippen molar-refractivity contribution in [3.05, 3.63) is 11.8 Å². The largest absolute Gasteiger partial charge is 0.323 e. The van der Waals surface area contributed by atoms with Gasteiger partial charge in [-0.25, -0.2) is 0 Å². The third-order valence-corrected chi connectivity index (χ3v) is 0. The molecule has 0 unspecified atom stereocenters. The SMILES string of the molecule is C[C-](C)C.C[C-](C)C.[Y].[Y].[Y].[Y].[Y].[Y]. The molecule has 6 radical (unpaired) electrons. The fourth-order valence-electron chi connectivity index (χ4n) is 0. The minimum Gasteiger partial charge on any atom is -0.323 e. The molecule has 0 nitrogen and oxygen atoms in total. The summed E-state index contributed by atoms with van der Waals surface area (Å²) in [6.07, 6.45) is 0. The van der Waals surface area contributed by atoms with Crippen LogP contribution < -0.4 is 0 Å². The van der Waals surface area contributed by atoms with Gasteiger partial charge in [-0.15, -0.1) is 0 Å². The summed E-state index contributed by atoms with van der Waals surface area (Å²) in [5, 5.41) is 0. The van der Waals surface area contributed by atoms with Crippen LogP contribution in [0.3, 0.4) is 0 Å². The molecule has 0 atom stereocenters. The van der Waals surface area contributed by atoms with E-state index in [0.29, 0.717) is 0 Å². The summed E-state index contributed by atoms with van der Waals surface area (Å²) < 4.78 is 0. The van der Waals surface area contributed by atoms with Crippen molar-refractivity contribution in [1.29, 1.82) is 0 Å². The van der Waals surface area contributed by atoms with Gasteiger partial charge in [0.1, 0.15) is 0 Å². The average molecular weight is 648 g/mol. The van der Waals surface area contributed by atoms with Gasteiger partial charge in [0.25, 0.3) is 0 Å². The summed E-state index contributed by atoms with van der Waals surface area (Å²) >= 11 is 0. The third-order valence-electron chi connectivity index (χ3n) is 0. The van der Waals surface area contributed by atoms with E-state index >= 15 is 0 Å². The normalized spacial score (nSPS) is 5.14. The molecule has 0 aromatic carbocycles. The second kappa shape index (κ2) is 42.7. The predicted molar refractivity (Wildman–Crippen MR) is 40.5 cm³/mol. The van der Waals surface area contributed by atoms with Gasteiger partial charge in [0.15, 0.2) is 0 Å². The van der Waals surface area contributed by atoms with E-state index < -0.39 is 0 Å². The van der Waals surface area contributed by atoms with Crippen LogP contribution in [0.15, 0.2) is 0 Å². The summed E-state index contributed by atoms with van der Waals surface area (Å²) in [4.78, 5) is 0. The molecule has 0 aliphatic heterocycles. The van der Waals surface area contributed by atoms with Gasteiger partial charge in [-0.05, 0) is 0 Å². The molecule has 0 saturated heterocycles. The zero-order valence-corrected chi connectivity index (χ0v) is 27.5. The molecule has 70 valence electrons. The molecule has 0 aliphatic rings. The molecule has 0 amide bonds. The number of hydrogen-bond acceptors (Lipinski definition) is 0. The quantitative estimate of drug-likeness (QED) is 0.355. The number of rotatable bonds is 0. The molecular formula is C8H18Y6-2. The van der Waals surface area contributed by atoms with Gasteiger partial charge in [-0.1, -0.05) is 0 Å². The molecule has 0 N–H and O–H groups in total. The molecular weight excluding hydrogens is 630 g/mol. The molecule has 0 aromatic rings. The van der Waals surface area contributed by atoms with E-state index in [1.165, 1.54) is 11.8 Å². The van der Waals surface area contributed by atoms with Crippen LogP contribution in [0.1, 0.15) is 41.5 Å². The summed E-state index contributed by atoms with van der Waals surface area (Å²) in [5.41, 5.74) is 0. The Morgan fingerprint density at radius 2 is 0.357 bits per heavy atom. The summed E-state index contributed by atoms with van der Waals surface area (Å²) in [7, 11) is 0. The van der Waals surface area contributed by atoms with Crippen molar-refractivity contribution < 1.29 is 196 Å². The van der Waals surface area contributed by atoms with Crippen molar-refractivity contribution in [2.24, 2.45) is 0 Å². The van der Waals surface area contributed by atoms with Crippen LogP contribution in [-0.2, 0) is 196 Å². The zero-order valence-electron chi connectivity index (χ0n) is 10.5. The summed E-state index contributed by atoms with van der Waals surface area (Å²) in [6.45, 7) is 12.5. The Bertz CT molecular complexity index is 29.3. The van der Waals surface area contributed by atoms with Crippen molar-refractivity contribution in [1.82, 2.24) is 0 Å². The van der Waals surface area contributed by atoms with Gasteiger partial charge in [0.2, 0.25) is 0 Å². The monoisotopic (exact) mass is 648 g/mol. The van der Waals surface area contributed by atoms with Crippen molar-refractivity contribution in [2.45, 2.75) is 41.5 Å². The second-order valence-corrected chi connectivity index (χ2v) is 3.00. The van der Waals surface area contributed by atoms with Crippen LogP contribution in [0.2, 0.25) is 0 Å². The Kier molecular flexibility index (Phi) is 152. The smallest absolute Gasteiger partial charge is 0 e. The van der Waals surface area contributed by atoms with Gasteiger partial charge < -0.3 is 11.8 Å². The van der Waals surface area contributed by atoms with Crippen LogP contribution in [0.5, 0.6) is 0 Å². The molecule has 0 aromatic heterocycles. The van der Waals surface area contributed by atoms with Crippen molar-refractivity contribution >= 4 is 0 Å². The maximum Gasteiger partial charge on any atom is 0 e. The Labute approximate surface area is 243 Å². The van der Waals surface area contributed by atoms with E-state index in [4.69, 9.17) is 0 Å². The first-order valence-corrected chi connectivity index (χ1v) is 3.00. The third kappa shape index (κ3) is 132. The Morgan fingerprint density at radius 3 is 0.357 bits per heavy atom. The van der Waals surface area contributed by atoms with Gasteiger partial charge in [-0.3, -0.25) is 0 Å². The maximum absolute atomic E-state index is 2.08. The van der Waals surface area contributed by atoms with Gasteiger partial charge in [0.05, 0.1) is 0 Å². The van der Waals surface area contributed by atoms with Gasteiger partial charge in [0, 0.05) is 196 Å². The second-order valence-electron chi connectivity index (χ2n) is 3.00. The Hall–Kier alpha value is 6.62. The first kappa shape index (κ1) is 49.8. The van der Waals surface area contributed by atoms with Crippen LogP contribution in [0.4, 0.5) is 0 Å². The van der Waals surface area contributed by atoms with E-state index in [0.717, 1.165) is 0 Å². The Balaban J connectivity index is -0.00000000600. The zero-order chi connectivity index (χ0) is 7.15. The van der Waals surface area contributed by atoms with Crippen molar-refractivity contribution in [3.8, 4) is 0 Å². The standard InChI is InChI=1S/2C4H9.6Y/c2*1-4(2)3;;;;;;/h2*1-3H3;;;;;;/q2*-1;;;;;;. The van der Waals surface area contributed by atoms with E-state index in [-0.39, 0.29) is 196 Å². The van der Waals surface area contributed by atoms with Crippen molar-refractivity contribution in [2.75, 3.05) is 0 Å². The van der Waals surface area contributed by atoms with E-state index in [9.17, 15) is 0 Å². The first-order valence-electron chi connectivity index (χ1n) is 3.00. The van der Waals surface area contributed by atoms with Crippen LogP contribution in [-0.4, -0.2) is 0 Å². The molecule has 0 fully saturated rings. The van der Waals surface area contributed by atoms with Gasteiger partial charge in [-0.2, -0.15) is 41.5 Å². The summed E-state index contributed by atoms with van der Waals surface area (Å²) in [5.74, 6) is 2.83. The molecule has 0 bridgehead atoms. The minimum absolute atomic E-state index is 0. The van der Waals surface area contributed by atoms with E-state index in [2.05, 4.69) is 41.5 Å². The fourth-order valence-corrected chi connectivity index (χ4v) is 0. The summed E-state index contributed by atoms with van der Waals surface area (Å²) in [6, 6.07) is 0. The molecule has 0 rings (SSSR count). The molecule has 0 heterocycles. The van der Waals surface area contributed by atoms with Gasteiger partial charge >= 0.3 is 0 Å². The molecule has 0 aliphatic carbocycles. The molecule has 6 heteroatoms. The van der Waals surface area contributed by atoms with E-state index in [1.54, 1.807) is 0 Å². The Morgan fingerprint density at radius 1 is 0.357 bits per heavy atom. The van der Waals surface area contributed by atoms with Crippen LogP contribution in [0.25, 0.3) is 0 Å². The molecule has 14 heavy (non-hydrogen) atoms. The predicted octanol–water partition coefficient (Wildman–Crippen LogP) is 3.23. The number of hydrogen-bond donors (Lipinski definition) is 0.